The van der Waals surface area contributed by atoms with E-state index < -0.39 is 6.10 Å². The Morgan fingerprint density at radius 1 is 1.23 bits per heavy atom. The molecule has 1 heterocycles. The van der Waals surface area contributed by atoms with Crippen molar-refractivity contribution in [3.8, 4) is 5.75 Å². The summed E-state index contributed by atoms with van der Waals surface area (Å²) in [7, 11) is 1.96. The highest BCUT2D eigenvalue weighted by atomic mass is 35.5. The zero-order chi connectivity index (χ0) is 18.7. The van der Waals surface area contributed by atoms with Crippen LogP contribution >= 0.6 is 23.2 Å². The molecule has 2 aromatic carbocycles. The van der Waals surface area contributed by atoms with Gasteiger partial charge in [0.25, 0.3) is 5.91 Å². The monoisotopic (exact) mass is 392 g/mol. The number of halogens is 2. The van der Waals surface area contributed by atoms with E-state index in [9.17, 15) is 9.90 Å². The molecule has 1 amide bonds. The van der Waals surface area contributed by atoms with E-state index in [1.54, 1.807) is 18.2 Å². The zero-order valence-corrected chi connectivity index (χ0v) is 15.6. The van der Waals surface area contributed by atoms with Gasteiger partial charge in [-0.25, -0.2) is 0 Å². The van der Waals surface area contributed by atoms with Crippen molar-refractivity contribution < 1.29 is 14.6 Å². The van der Waals surface area contributed by atoms with Gasteiger partial charge in [0.1, 0.15) is 5.75 Å². The van der Waals surface area contributed by atoms with Gasteiger partial charge in [-0.05, 0) is 47.3 Å². The van der Waals surface area contributed by atoms with Gasteiger partial charge in [0.15, 0.2) is 6.61 Å². The molecule has 5 nitrogen and oxygen atoms in total. The highest BCUT2D eigenvalue weighted by Gasteiger charge is 2.12. The Bertz CT molecular complexity index is 940. The van der Waals surface area contributed by atoms with E-state index in [-0.39, 0.29) is 19.1 Å². The number of rotatable bonds is 6. The van der Waals surface area contributed by atoms with Gasteiger partial charge in [0.05, 0.1) is 11.1 Å². The second kappa shape index (κ2) is 7.99. The molecule has 2 N–H and O–H groups in total. The summed E-state index contributed by atoms with van der Waals surface area (Å²) < 4.78 is 7.37. The fourth-order valence-electron chi connectivity index (χ4n) is 2.62. The van der Waals surface area contributed by atoms with Crippen LogP contribution in [-0.2, 0) is 11.8 Å². The number of benzene rings is 2. The van der Waals surface area contributed by atoms with Crippen LogP contribution in [0.15, 0.2) is 48.7 Å². The predicted molar refractivity (Wildman–Crippen MR) is 103 cm³/mol. The molecule has 7 heteroatoms. The van der Waals surface area contributed by atoms with Crippen LogP contribution in [0.3, 0.4) is 0 Å². The van der Waals surface area contributed by atoms with Crippen LogP contribution < -0.4 is 10.1 Å². The molecule has 0 spiro atoms. The van der Waals surface area contributed by atoms with Gasteiger partial charge < -0.3 is 19.7 Å². The Hall–Kier alpha value is -2.21. The van der Waals surface area contributed by atoms with Gasteiger partial charge in [-0.3, -0.25) is 4.79 Å². The Morgan fingerprint density at radius 3 is 2.81 bits per heavy atom. The molecule has 0 unspecified atom stereocenters. The van der Waals surface area contributed by atoms with Crippen molar-refractivity contribution in [2.24, 2.45) is 7.05 Å². The Kier molecular flexibility index (Phi) is 5.71. The highest BCUT2D eigenvalue weighted by Crippen LogP contribution is 2.27. The molecule has 26 heavy (non-hydrogen) atoms. The number of nitrogens with one attached hydrogen (secondary N) is 1. The summed E-state index contributed by atoms with van der Waals surface area (Å²) in [6, 6.07) is 12.5. The van der Waals surface area contributed by atoms with Crippen molar-refractivity contribution in [2.45, 2.75) is 6.10 Å². The average molecular weight is 393 g/mol. The normalized spacial score (nSPS) is 12.2. The molecule has 0 saturated heterocycles. The van der Waals surface area contributed by atoms with Crippen molar-refractivity contribution in [1.29, 1.82) is 0 Å². The molecule has 1 atom stereocenters. The third-order valence-corrected chi connectivity index (χ3v) is 4.57. The number of amides is 1. The number of carbonyl (C=O) groups excluding carboxylic acids is 1. The summed E-state index contributed by atoms with van der Waals surface area (Å²) >= 11 is 11.8. The van der Waals surface area contributed by atoms with Crippen molar-refractivity contribution in [3.05, 3.63) is 64.3 Å². The first-order chi connectivity index (χ1) is 12.4. The van der Waals surface area contributed by atoms with E-state index >= 15 is 0 Å². The molecule has 0 saturated carbocycles. The van der Waals surface area contributed by atoms with Crippen molar-refractivity contribution >= 4 is 40.0 Å². The molecule has 1 aromatic heterocycles. The number of fused-ring (bicyclic) bond motifs is 1. The van der Waals surface area contributed by atoms with Crippen LogP contribution in [0.4, 0.5) is 0 Å². The number of ether oxygens (including phenoxy) is 1. The van der Waals surface area contributed by atoms with E-state index in [1.807, 2.05) is 42.1 Å². The van der Waals surface area contributed by atoms with E-state index in [1.165, 1.54) is 0 Å². The van der Waals surface area contributed by atoms with Gasteiger partial charge >= 0.3 is 0 Å². The summed E-state index contributed by atoms with van der Waals surface area (Å²) in [4.78, 5) is 11.9. The standard InChI is InChI=1S/C19H18Cl2N2O3/c1-23-7-6-12-8-13(2-4-16(12)23)17(24)10-22-19(25)11-26-18-5-3-14(20)9-15(18)21/h2-9,17,24H,10-11H2,1H3,(H,22,25)/t17-/m0/s1. The van der Waals surface area contributed by atoms with Crippen LogP contribution in [-0.4, -0.2) is 28.7 Å². The Balaban J connectivity index is 1.52. The third-order valence-electron chi connectivity index (χ3n) is 4.04. The Morgan fingerprint density at radius 2 is 2.04 bits per heavy atom. The second-order valence-electron chi connectivity index (χ2n) is 5.93. The molecule has 0 bridgehead atoms. The predicted octanol–water partition coefficient (Wildman–Crippen LogP) is 3.71. The SMILES string of the molecule is Cn1ccc2cc([C@@H](O)CNC(=O)COc3ccc(Cl)cc3Cl)ccc21. The molecular formula is C19H18Cl2N2O3. The number of aliphatic hydroxyl groups is 1. The van der Waals surface area contributed by atoms with E-state index in [2.05, 4.69) is 5.32 Å². The van der Waals surface area contributed by atoms with Crippen LogP contribution in [0.2, 0.25) is 10.0 Å². The number of aromatic nitrogens is 1. The molecule has 0 fully saturated rings. The summed E-state index contributed by atoms with van der Waals surface area (Å²) in [6.45, 7) is -0.110. The summed E-state index contributed by atoms with van der Waals surface area (Å²) in [5.74, 6) is 0.0251. The fraction of sp³-hybridized carbons (Fsp3) is 0.211. The van der Waals surface area contributed by atoms with Crippen LogP contribution in [0.5, 0.6) is 5.75 Å². The maximum atomic E-state index is 11.9. The van der Waals surface area contributed by atoms with E-state index in [0.29, 0.717) is 15.8 Å². The lowest BCUT2D eigenvalue weighted by Crippen LogP contribution is -2.32. The van der Waals surface area contributed by atoms with Crippen LogP contribution in [0, 0.1) is 0 Å². The van der Waals surface area contributed by atoms with Crippen LogP contribution in [0.1, 0.15) is 11.7 Å². The van der Waals surface area contributed by atoms with Gasteiger partial charge in [0, 0.05) is 30.3 Å². The van der Waals surface area contributed by atoms with Gasteiger partial charge in [-0.1, -0.05) is 29.3 Å². The number of nitrogens with zero attached hydrogens (tertiary/aromatic N) is 1. The first-order valence-corrected chi connectivity index (χ1v) is 8.77. The maximum absolute atomic E-state index is 11.9. The summed E-state index contributed by atoms with van der Waals surface area (Å²) in [5, 5.41) is 14.8. The number of hydrogen-bond acceptors (Lipinski definition) is 3. The number of aryl methyl sites for hydroxylation is 1. The molecule has 0 radical (unpaired) electrons. The molecule has 136 valence electrons. The highest BCUT2D eigenvalue weighted by molar-refractivity contribution is 6.35. The van der Waals surface area contributed by atoms with Crippen molar-refractivity contribution in [3.63, 3.8) is 0 Å². The smallest absolute Gasteiger partial charge is 0.258 e. The molecule has 0 aliphatic heterocycles. The summed E-state index contributed by atoms with van der Waals surface area (Å²) in [6.07, 6.45) is 1.16. The average Bonchev–Trinajstić information content (AvgIpc) is 2.99. The minimum Gasteiger partial charge on any atom is -0.482 e. The lowest BCUT2D eigenvalue weighted by atomic mass is 10.1. The molecule has 0 aliphatic rings. The van der Waals surface area contributed by atoms with Crippen molar-refractivity contribution in [1.82, 2.24) is 9.88 Å². The molecule has 3 aromatic rings. The largest absolute Gasteiger partial charge is 0.482 e. The topological polar surface area (TPSA) is 63.5 Å². The van der Waals surface area contributed by atoms with Gasteiger partial charge in [-0.15, -0.1) is 0 Å². The lowest BCUT2D eigenvalue weighted by molar-refractivity contribution is -0.123. The number of hydrogen-bond donors (Lipinski definition) is 2. The zero-order valence-electron chi connectivity index (χ0n) is 14.1. The minimum absolute atomic E-state index is 0.0921. The quantitative estimate of drug-likeness (QED) is 0.671. The number of carbonyl (C=O) groups is 1. The van der Waals surface area contributed by atoms with Gasteiger partial charge in [-0.2, -0.15) is 0 Å². The third kappa shape index (κ3) is 4.30. The first-order valence-electron chi connectivity index (χ1n) is 8.01. The lowest BCUT2D eigenvalue weighted by Gasteiger charge is -2.13. The maximum Gasteiger partial charge on any atom is 0.258 e. The first kappa shape index (κ1) is 18.6. The number of aliphatic hydroxyl groups excluding tert-OH is 1. The summed E-state index contributed by atoms with van der Waals surface area (Å²) in [5.41, 5.74) is 1.82. The van der Waals surface area contributed by atoms with Gasteiger partial charge in [0.2, 0.25) is 0 Å². The van der Waals surface area contributed by atoms with E-state index in [0.717, 1.165) is 16.5 Å². The second-order valence-corrected chi connectivity index (χ2v) is 6.77. The molecular weight excluding hydrogens is 375 g/mol. The van der Waals surface area contributed by atoms with Crippen LogP contribution in [0.25, 0.3) is 10.9 Å². The Labute approximate surface area is 161 Å². The fourth-order valence-corrected chi connectivity index (χ4v) is 3.09. The molecule has 3 rings (SSSR count). The van der Waals surface area contributed by atoms with Crippen molar-refractivity contribution in [2.75, 3.05) is 13.2 Å². The van der Waals surface area contributed by atoms with E-state index in [4.69, 9.17) is 27.9 Å². The molecule has 0 aliphatic carbocycles. The minimum atomic E-state index is -0.803.